The molecule has 1 fully saturated rings. The van der Waals surface area contributed by atoms with E-state index in [1.165, 1.54) is 18.2 Å². The third kappa shape index (κ3) is 3.38. The Hall–Kier alpha value is -2.76. The fourth-order valence-corrected chi connectivity index (χ4v) is 4.15. The van der Waals surface area contributed by atoms with E-state index >= 15 is 0 Å². The lowest BCUT2D eigenvalue weighted by molar-refractivity contribution is 0.287. The van der Waals surface area contributed by atoms with Crippen molar-refractivity contribution in [3.05, 3.63) is 75.7 Å². The molecule has 1 aliphatic rings. The van der Waals surface area contributed by atoms with Crippen LogP contribution in [0.4, 0.5) is 4.39 Å². The van der Waals surface area contributed by atoms with Gasteiger partial charge >= 0.3 is 0 Å². The van der Waals surface area contributed by atoms with Crippen LogP contribution in [-0.2, 0) is 6.61 Å². The van der Waals surface area contributed by atoms with Crippen molar-refractivity contribution in [2.45, 2.75) is 25.4 Å². The number of nitrogens with zero attached hydrogens (tertiary/aromatic N) is 1. The van der Waals surface area contributed by atoms with Gasteiger partial charge in [-0.2, -0.15) is 0 Å². The number of benzene rings is 3. The number of aromatic hydroxyl groups is 1. The van der Waals surface area contributed by atoms with E-state index in [1.54, 1.807) is 30.3 Å². The third-order valence-electron chi connectivity index (χ3n) is 5.24. The molecule has 0 saturated heterocycles. The molecule has 152 valence electrons. The first-order valence-corrected chi connectivity index (χ1v) is 10.3. The molecular formula is C23H16Cl2FNO3. The van der Waals surface area contributed by atoms with Gasteiger partial charge in [0.1, 0.15) is 23.8 Å². The number of hydrogen-bond acceptors (Lipinski definition) is 4. The average molecular weight is 444 g/mol. The molecule has 3 aromatic carbocycles. The van der Waals surface area contributed by atoms with Crippen molar-refractivity contribution in [1.29, 1.82) is 0 Å². The molecule has 0 bridgehead atoms. The van der Waals surface area contributed by atoms with Crippen molar-refractivity contribution in [3.63, 3.8) is 0 Å². The van der Waals surface area contributed by atoms with Crippen LogP contribution >= 0.6 is 23.2 Å². The van der Waals surface area contributed by atoms with E-state index in [1.807, 2.05) is 0 Å². The fraction of sp³-hybridized carbons (Fsp3) is 0.174. The van der Waals surface area contributed by atoms with Crippen LogP contribution in [0.25, 0.3) is 22.0 Å². The maximum atomic E-state index is 15.0. The summed E-state index contributed by atoms with van der Waals surface area (Å²) in [6, 6.07) is 12.9. The highest BCUT2D eigenvalue weighted by Gasteiger charge is 2.33. The number of rotatable bonds is 5. The summed E-state index contributed by atoms with van der Waals surface area (Å²) < 4.78 is 26.4. The summed E-state index contributed by atoms with van der Waals surface area (Å²) in [6.07, 6.45) is 2.01. The molecule has 1 aromatic heterocycles. The van der Waals surface area contributed by atoms with Crippen LogP contribution in [0.3, 0.4) is 0 Å². The minimum atomic E-state index is -0.491. The van der Waals surface area contributed by atoms with Gasteiger partial charge in [-0.05, 0) is 54.6 Å². The van der Waals surface area contributed by atoms with E-state index < -0.39 is 5.82 Å². The van der Waals surface area contributed by atoms with Gasteiger partial charge in [0.05, 0.1) is 15.6 Å². The number of halogens is 3. The number of ether oxygens (including phenoxy) is 1. The summed E-state index contributed by atoms with van der Waals surface area (Å²) in [6.45, 7) is 0.0622. The lowest BCUT2D eigenvalue weighted by Crippen LogP contribution is -2.01. The van der Waals surface area contributed by atoms with Crippen LogP contribution in [-0.4, -0.2) is 10.3 Å². The number of phenols is 1. The Kier molecular flexibility index (Phi) is 4.80. The van der Waals surface area contributed by atoms with Crippen molar-refractivity contribution in [2.75, 3.05) is 0 Å². The second-order valence-electron chi connectivity index (χ2n) is 7.32. The highest BCUT2D eigenvalue weighted by atomic mass is 35.5. The minimum absolute atomic E-state index is 0.0622. The first kappa shape index (κ1) is 19.2. The maximum absolute atomic E-state index is 15.0. The Morgan fingerprint density at radius 1 is 1.10 bits per heavy atom. The Morgan fingerprint density at radius 2 is 1.87 bits per heavy atom. The van der Waals surface area contributed by atoms with Gasteiger partial charge in [0.2, 0.25) is 0 Å². The molecule has 1 heterocycles. The van der Waals surface area contributed by atoms with E-state index in [0.29, 0.717) is 32.1 Å². The van der Waals surface area contributed by atoms with Gasteiger partial charge < -0.3 is 14.4 Å². The summed E-state index contributed by atoms with van der Waals surface area (Å²) >= 11 is 12.7. The summed E-state index contributed by atoms with van der Waals surface area (Å²) in [4.78, 5) is 0. The molecule has 5 rings (SSSR count). The standard InChI is InChI=1S/C23H16Cl2FNO3/c24-17-2-1-3-18(25)20(17)22-16(23(30-27-22)12-4-5-12)11-29-19-9-6-13-10-14(28)7-8-15(13)21(19)26/h1-3,6-10,12,28H,4-5,11H2. The number of aromatic nitrogens is 1. The van der Waals surface area contributed by atoms with Gasteiger partial charge in [-0.25, -0.2) is 4.39 Å². The highest BCUT2D eigenvalue weighted by molar-refractivity contribution is 6.39. The zero-order chi connectivity index (χ0) is 20.8. The van der Waals surface area contributed by atoms with Gasteiger partial charge in [0, 0.05) is 16.9 Å². The van der Waals surface area contributed by atoms with Crippen molar-refractivity contribution >= 4 is 34.0 Å². The molecule has 1 saturated carbocycles. The van der Waals surface area contributed by atoms with Crippen molar-refractivity contribution < 1.29 is 18.8 Å². The zero-order valence-electron chi connectivity index (χ0n) is 15.7. The van der Waals surface area contributed by atoms with Crippen molar-refractivity contribution in [1.82, 2.24) is 5.16 Å². The van der Waals surface area contributed by atoms with Crippen LogP contribution in [0.1, 0.15) is 30.1 Å². The fourth-order valence-electron chi connectivity index (χ4n) is 3.57. The summed E-state index contributed by atoms with van der Waals surface area (Å²) in [5, 5.41) is 15.7. The van der Waals surface area contributed by atoms with E-state index in [4.69, 9.17) is 32.5 Å². The Labute approximate surface area is 181 Å². The largest absolute Gasteiger partial charge is 0.508 e. The predicted octanol–water partition coefficient (Wildman–Crippen LogP) is 7.10. The molecule has 0 amide bonds. The number of hydrogen-bond donors (Lipinski definition) is 1. The lowest BCUT2D eigenvalue weighted by atomic mass is 10.0. The normalized spacial score (nSPS) is 13.7. The average Bonchev–Trinajstić information content (AvgIpc) is 3.48. The molecule has 4 aromatic rings. The topological polar surface area (TPSA) is 55.5 Å². The molecule has 30 heavy (non-hydrogen) atoms. The summed E-state index contributed by atoms with van der Waals surface area (Å²) in [7, 11) is 0. The zero-order valence-corrected chi connectivity index (χ0v) is 17.2. The van der Waals surface area contributed by atoms with E-state index in [9.17, 15) is 9.50 Å². The van der Waals surface area contributed by atoms with E-state index in [-0.39, 0.29) is 24.0 Å². The van der Waals surface area contributed by atoms with Crippen LogP contribution < -0.4 is 4.74 Å². The Balaban J connectivity index is 1.52. The quantitative estimate of drug-likeness (QED) is 0.357. The van der Waals surface area contributed by atoms with Gasteiger partial charge in [-0.1, -0.05) is 40.5 Å². The molecule has 0 atom stereocenters. The molecule has 1 aliphatic carbocycles. The van der Waals surface area contributed by atoms with Crippen LogP contribution in [0.2, 0.25) is 10.0 Å². The first-order valence-electron chi connectivity index (χ1n) is 9.50. The van der Waals surface area contributed by atoms with Crippen molar-refractivity contribution in [2.24, 2.45) is 0 Å². The van der Waals surface area contributed by atoms with Crippen LogP contribution in [0.15, 0.2) is 53.1 Å². The second kappa shape index (κ2) is 7.49. The van der Waals surface area contributed by atoms with Gasteiger partial charge in [0.25, 0.3) is 0 Å². The van der Waals surface area contributed by atoms with Crippen molar-refractivity contribution in [3.8, 4) is 22.8 Å². The smallest absolute Gasteiger partial charge is 0.172 e. The Morgan fingerprint density at radius 3 is 2.60 bits per heavy atom. The van der Waals surface area contributed by atoms with Gasteiger partial charge in [-0.3, -0.25) is 0 Å². The molecular weight excluding hydrogens is 428 g/mol. The molecule has 4 nitrogen and oxygen atoms in total. The first-order chi connectivity index (χ1) is 14.5. The van der Waals surface area contributed by atoms with Crippen LogP contribution in [0.5, 0.6) is 11.5 Å². The van der Waals surface area contributed by atoms with Gasteiger partial charge in [-0.15, -0.1) is 0 Å². The molecule has 0 unspecified atom stereocenters. The molecule has 7 heteroatoms. The second-order valence-corrected chi connectivity index (χ2v) is 8.13. The highest BCUT2D eigenvalue weighted by Crippen LogP contribution is 2.46. The van der Waals surface area contributed by atoms with Gasteiger partial charge in [0.15, 0.2) is 11.6 Å². The summed E-state index contributed by atoms with van der Waals surface area (Å²) in [5.74, 6) is 0.694. The Bertz CT molecular complexity index is 1250. The third-order valence-corrected chi connectivity index (χ3v) is 5.87. The lowest BCUT2D eigenvalue weighted by Gasteiger charge is -2.11. The molecule has 1 N–H and O–H groups in total. The monoisotopic (exact) mass is 443 g/mol. The molecule has 0 spiro atoms. The number of phenolic OH excluding ortho intramolecular Hbond substituents is 1. The maximum Gasteiger partial charge on any atom is 0.172 e. The number of fused-ring (bicyclic) bond motifs is 1. The molecule has 0 radical (unpaired) electrons. The SMILES string of the molecule is Oc1ccc2c(F)c(OCc3c(-c4c(Cl)cccc4Cl)noc3C3CC3)ccc2c1. The minimum Gasteiger partial charge on any atom is -0.508 e. The predicted molar refractivity (Wildman–Crippen MR) is 114 cm³/mol. The van der Waals surface area contributed by atoms with E-state index in [0.717, 1.165) is 24.2 Å². The molecule has 0 aliphatic heterocycles. The van der Waals surface area contributed by atoms with E-state index in [2.05, 4.69) is 5.16 Å². The van der Waals surface area contributed by atoms with Crippen LogP contribution in [0, 0.1) is 5.82 Å². The summed E-state index contributed by atoms with van der Waals surface area (Å²) in [5.41, 5.74) is 1.81.